The lowest BCUT2D eigenvalue weighted by molar-refractivity contribution is 0.121. The average Bonchev–Trinajstić information content (AvgIpc) is 2.24. The monoisotopic (exact) mass is 220 g/mol. The largest absolute Gasteiger partial charge is 0.374 e. The summed E-state index contributed by atoms with van der Waals surface area (Å²) in [7, 11) is 0. The van der Waals surface area contributed by atoms with Crippen LogP contribution >= 0.6 is 0 Å². The van der Waals surface area contributed by atoms with Gasteiger partial charge in [0.1, 0.15) is 11.4 Å². The van der Waals surface area contributed by atoms with Gasteiger partial charge in [-0.1, -0.05) is 37.3 Å². The lowest BCUT2D eigenvalue weighted by Crippen LogP contribution is -2.18. The second-order valence-corrected chi connectivity index (χ2v) is 3.99. The average molecular weight is 220 g/mol. The van der Waals surface area contributed by atoms with Crippen molar-refractivity contribution in [3.8, 4) is 11.8 Å². The SMILES string of the molecule is CCCCC#CC(C)(O)c1cccc(F)c1. The first-order chi connectivity index (χ1) is 7.56. The third kappa shape index (κ3) is 3.67. The molecule has 0 amide bonds. The maximum absolute atomic E-state index is 13.0. The second kappa shape index (κ2) is 5.67. The minimum absolute atomic E-state index is 0.354. The molecule has 2 heteroatoms. The molecule has 0 aliphatic heterocycles. The van der Waals surface area contributed by atoms with Crippen molar-refractivity contribution >= 4 is 0 Å². The van der Waals surface area contributed by atoms with E-state index in [0.29, 0.717) is 5.56 Å². The van der Waals surface area contributed by atoms with Gasteiger partial charge in [-0.3, -0.25) is 0 Å². The van der Waals surface area contributed by atoms with E-state index in [-0.39, 0.29) is 5.82 Å². The first kappa shape index (κ1) is 12.7. The molecule has 16 heavy (non-hydrogen) atoms. The summed E-state index contributed by atoms with van der Waals surface area (Å²) in [5.74, 6) is 5.34. The molecule has 1 N–H and O–H groups in total. The summed E-state index contributed by atoms with van der Waals surface area (Å²) >= 11 is 0. The summed E-state index contributed by atoms with van der Waals surface area (Å²) in [6, 6.07) is 5.92. The number of hydrogen-bond acceptors (Lipinski definition) is 1. The van der Waals surface area contributed by atoms with E-state index in [1.165, 1.54) is 12.1 Å². The molecule has 1 aromatic rings. The van der Waals surface area contributed by atoms with Gasteiger partial charge in [0.2, 0.25) is 0 Å². The van der Waals surface area contributed by atoms with Crippen LogP contribution < -0.4 is 0 Å². The van der Waals surface area contributed by atoms with E-state index in [0.717, 1.165) is 19.3 Å². The Morgan fingerprint density at radius 1 is 1.44 bits per heavy atom. The molecule has 0 aromatic heterocycles. The van der Waals surface area contributed by atoms with Crippen LogP contribution in [0.1, 0.15) is 38.7 Å². The van der Waals surface area contributed by atoms with Gasteiger partial charge in [-0.05, 0) is 31.0 Å². The summed E-state index contributed by atoms with van der Waals surface area (Å²) in [6.45, 7) is 3.67. The predicted molar refractivity (Wildman–Crippen MR) is 63.3 cm³/mol. The van der Waals surface area contributed by atoms with Crippen LogP contribution in [0.5, 0.6) is 0 Å². The van der Waals surface area contributed by atoms with Gasteiger partial charge in [-0.25, -0.2) is 4.39 Å². The maximum Gasteiger partial charge on any atom is 0.148 e. The van der Waals surface area contributed by atoms with Gasteiger partial charge in [-0.2, -0.15) is 0 Å². The van der Waals surface area contributed by atoms with Gasteiger partial charge < -0.3 is 5.11 Å². The topological polar surface area (TPSA) is 20.2 Å². The molecule has 86 valence electrons. The Morgan fingerprint density at radius 2 is 2.19 bits per heavy atom. The Balaban J connectivity index is 2.79. The van der Waals surface area contributed by atoms with Gasteiger partial charge in [0.15, 0.2) is 0 Å². The van der Waals surface area contributed by atoms with E-state index in [1.807, 2.05) is 0 Å². The number of unbranched alkanes of at least 4 members (excludes halogenated alkanes) is 2. The van der Waals surface area contributed by atoms with Gasteiger partial charge in [0, 0.05) is 6.42 Å². The number of benzene rings is 1. The van der Waals surface area contributed by atoms with E-state index in [9.17, 15) is 9.50 Å². The van der Waals surface area contributed by atoms with E-state index < -0.39 is 5.60 Å². The fraction of sp³-hybridized carbons (Fsp3) is 0.429. The van der Waals surface area contributed by atoms with Crippen molar-refractivity contribution in [3.05, 3.63) is 35.6 Å². The molecule has 0 saturated carbocycles. The number of aliphatic hydroxyl groups is 1. The molecule has 0 bridgehead atoms. The van der Waals surface area contributed by atoms with Crippen molar-refractivity contribution in [2.24, 2.45) is 0 Å². The number of halogens is 1. The lowest BCUT2D eigenvalue weighted by atomic mass is 9.96. The van der Waals surface area contributed by atoms with E-state index >= 15 is 0 Å². The molecular formula is C14H17FO. The molecule has 0 spiro atoms. The highest BCUT2D eigenvalue weighted by molar-refractivity contribution is 5.31. The molecule has 0 aliphatic rings. The zero-order valence-corrected chi connectivity index (χ0v) is 9.76. The Bertz CT molecular complexity index is 399. The highest BCUT2D eigenvalue weighted by Crippen LogP contribution is 2.20. The summed E-state index contributed by atoms with van der Waals surface area (Å²) in [6.07, 6.45) is 2.87. The van der Waals surface area contributed by atoms with Crippen molar-refractivity contribution < 1.29 is 9.50 Å². The van der Waals surface area contributed by atoms with E-state index in [4.69, 9.17) is 0 Å². The van der Waals surface area contributed by atoms with Crippen LogP contribution in [0.4, 0.5) is 4.39 Å². The first-order valence-electron chi connectivity index (χ1n) is 5.54. The highest BCUT2D eigenvalue weighted by Gasteiger charge is 2.19. The van der Waals surface area contributed by atoms with E-state index in [2.05, 4.69) is 18.8 Å². The van der Waals surface area contributed by atoms with Crippen molar-refractivity contribution in [2.75, 3.05) is 0 Å². The molecule has 1 nitrogen and oxygen atoms in total. The summed E-state index contributed by atoms with van der Waals surface area (Å²) in [5.41, 5.74) is -0.771. The fourth-order valence-electron chi connectivity index (χ4n) is 1.36. The standard InChI is InChI=1S/C14H17FO/c1-3-4-5-6-10-14(2,16)12-8-7-9-13(15)11-12/h7-9,11,16H,3-5H2,1-2H3. The second-order valence-electron chi connectivity index (χ2n) is 3.99. The van der Waals surface area contributed by atoms with Crippen molar-refractivity contribution in [1.82, 2.24) is 0 Å². The molecule has 1 rings (SSSR count). The van der Waals surface area contributed by atoms with Crippen molar-refractivity contribution in [3.63, 3.8) is 0 Å². The normalized spacial score (nSPS) is 13.8. The highest BCUT2D eigenvalue weighted by atomic mass is 19.1. The third-order valence-corrected chi connectivity index (χ3v) is 2.37. The molecule has 0 saturated heterocycles. The fourth-order valence-corrected chi connectivity index (χ4v) is 1.36. The van der Waals surface area contributed by atoms with Gasteiger partial charge in [0.05, 0.1) is 0 Å². The summed E-state index contributed by atoms with van der Waals surface area (Å²) < 4.78 is 13.0. The Kier molecular flexibility index (Phi) is 4.52. The zero-order chi connectivity index (χ0) is 12.0. The van der Waals surface area contributed by atoms with Crippen LogP contribution in [0, 0.1) is 17.7 Å². The van der Waals surface area contributed by atoms with Gasteiger partial charge in [0.25, 0.3) is 0 Å². The quantitative estimate of drug-likeness (QED) is 0.612. The smallest absolute Gasteiger partial charge is 0.148 e. The molecule has 0 aliphatic carbocycles. The first-order valence-corrected chi connectivity index (χ1v) is 5.54. The molecular weight excluding hydrogens is 203 g/mol. The van der Waals surface area contributed by atoms with Crippen LogP contribution in [0.15, 0.2) is 24.3 Å². The number of rotatable bonds is 3. The van der Waals surface area contributed by atoms with Crippen molar-refractivity contribution in [2.45, 2.75) is 38.7 Å². The minimum Gasteiger partial charge on any atom is -0.374 e. The van der Waals surface area contributed by atoms with Crippen LogP contribution in [0.3, 0.4) is 0 Å². The molecule has 1 aromatic carbocycles. The Morgan fingerprint density at radius 3 is 2.81 bits per heavy atom. The maximum atomic E-state index is 13.0. The molecule has 1 atom stereocenters. The number of hydrogen-bond donors (Lipinski definition) is 1. The zero-order valence-electron chi connectivity index (χ0n) is 9.76. The van der Waals surface area contributed by atoms with Gasteiger partial charge in [-0.15, -0.1) is 0 Å². The third-order valence-electron chi connectivity index (χ3n) is 2.37. The van der Waals surface area contributed by atoms with Crippen LogP contribution in [0.25, 0.3) is 0 Å². The predicted octanol–water partition coefficient (Wildman–Crippen LogP) is 3.23. The van der Waals surface area contributed by atoms with Crippen LogP contribution in [-0.2, 0) is 5.60 Å². The molecule has 0 fully saturated rings. The Labute approximate surface area is 96.3 Å². The summed E-state index contributed by atoms with van der Waals surface area (Å²) in [5, 5.41) is 10.1. The molecule has 0 heterocycles. The lowest BCUT2D eigenvalue weighted by Gasteiger charge is -2.16. The summed E-state index contributed by atoms with van der Waals surface area (Å²) in [4.78, 5) is 0. The van der Waals surface area contributed by atoms with Crippen molar-refractivity contribution in [1.29, 1.82) is 0 Å². The van der Waals surface area contributed by atoms with Gasteiger partial charge >= 0.3 is 0 Å². The molecule has 1 unspecified atom stereocenters. The Hall–Kier alpha value is -1.33. The van der Waals surface area contributed by atoms with E-state index in [1.54, 1.807) is 19.1 Å². The van der Waals surface area contributed by atoms with Crippen LogP contribution in [-0.4, -0.2) is 5.11 Å². The molecule has 0 radical (unpaired) electrons. The minimum atomic E-state index is -1.27. The van der Waals surface area contributed by atoms with Crippen LogP contribution in [0.2, 0.25) is 0 Å².